The predicted octanol–water partition coefficient (Wildman–Crippen LogP) is -0.373. The van der Waals surface area contributed by atoms with Crippen molar-refractivity contribution < 1.29 is 19.5 Å². The summed E-state index contributed by atoms with van der Waals surface area (Å²) in [6, 6.07) is -0.604. The van der Waals surface area contributed by atoms with Gasteiger partial charge >= 0.3 is 12.0 Å². The van der Waals surface area contributed by atoms with Crippen LogP contribution in [0.3, 0.4) is 0 Å². The van der Waals surface area contributed by atoms with Gasteiger partial charge in [-0.3, -0.25) is 19.8 Å². The third-order valence-corrected chi connectivity index (χ3v) is 3.31. The molecule has 2 unspecified atom stereocenters. The Kier molecular flexibility index (Phi) is 5.08. The minimum Gasteiger partial charge on any atom is -0.481 e. The predicted molar refractivity (Wildman–Crippen MR) is 64.0 cm³/mol. The number of carboxylic acids is 1. The van der Waals surface area contributed by atoms with Crippen molar-refractivity contribution in [3.05, 3.63) is 0 Å². The molecule has 0 spiro atoms. The van der Waals surface area contributed by atoms with Crippen molar-refractivity contribution in [3.63, 3.8) is 0 Å². The topological polar surface area (TPSA) is 98.7 Å². The molecule has 7 nitrogen and oxygen atoms in total. The molecule has 3 N–H and O–H groups in total. The highest BCUT2D eigenvalue weighted by atomic mass is 16.4. The van der Waals surface area contributed by atoms with Crippen molar-refractivity contribution in [1.29, 1.82) is 0 Å². The van der Waals surface area contributed by atoms with E-state index in [0.29, 0.717) is 19.5 Å². The van der Waals surface area contributed by atoms with Crippen molar-refractivity contribution in [2.24, 2.45) is 5.92 Å². The van der Waals surface area contributed by atoms with E-state index in [1.807, 2.05) is 11.8 Å². The first-order valence-corrected chi connectivity index (χ1v) is 5.94. The van der Waals surface area contributed by atoms with Crippen molar-refractivity contribution in [3.8, 4) is 0 Å². The average Bonchev–Trinajstić information content (AvgIpc) is 2.68. The van der Waals surface area contributed by atoms with E-state index in [1.54, 1.807) is 0 Å². The van der Waals surface area contributed by atoms with Gasteiger partial charge < -0.3 is 10.4 Å². The fourth-order valence-electron chi connectivity index (χ4n) is 2.15. The Morgan fingerprint density at radius 2 is 2.06 bits per heavy atom. The molecule has 1 aliphatic rings. The molecule has 1 aliphatic heterocycles. The Morgan fingerprint density at radius 1 is 1.39 bits per heavy atom. The summed E-state index contributed by atoms with van der Waals surface area (Å²) in [5.41, 5.74) is 0. The second kappa shape index (κ2) is 6.34. The number of hydrogen-bond donors (Lipinski definition) is 3. The molecule has 1 rings (SSSR count). The Labute approximate surface area is 106 Å². The number of amides is 3. The molecule has 3 amide bonds. The Morgan fingerprint density at radius 3 is 2.56 bits per heavy atom. The molecule has 18 heavy (non-hydrogen) atoms. The van der Waals surface area contributed by atoms with Gasteiger partial charge in [-0.2, -0.15) is 0 Å². The molecule has 1 heterocycles. The molecular weight excluding hydrogens is 238 g/mol. The van der Waals surface area contributed by atoms with Gasteiger partial charge in [0.25, 0.3) is 0 Å². The zero-order valence-electron chi connectivity index (χ0n) is 10.6. The zero-order chi connectivity index (χ0) is 13.7. The van der Waals surface area contributed by atoms with Crippen LogP contribution in [0.5, 0.6) is 0 Å². The maximum absolute atomic E-state index is 11.4. The normalized spacial score (nSPS) is 23.7. The lowest BCUT2D eigenvalue weighted by Gasteiger charge is -2.22. The number of rotatable bonds is 4. The van der Waals surface area contributed by atoms with Crippen LogP contribution in [0.1, 0.15) is 19.8 Å². The summed E-state index contributed by atoms with van der Waals surface area (Å²) in [7, 11) is 1.43. The molecule has 0 aromatic heterocycles. The van der Waals surface area contributed by atoms with Gasteiger partial charge in [0.05, 0.1) is 5.92 Å². The van der Waals surface area contributed by atoms with E-state index in [-0.39, 0.29) is 24.3 Å². The number of likely N-dealkylation sites (tertiary alicyclic amines) is 1. The van der Waals surface area contributed by atoms with Gasteiger partial charge in [0.1, 0.15) is 0 Å². The number of imide groups is 1. The molecule has 2 atom stereocenters. The third-order valence-electron chi connectivity index (χ3n) is 3.31. The van der Waals surface area contributed by atoms with E-state index in [0.717, 1.165) is 0 Å². The van der Waals surface area contributed by atoms with Crippen LogP contribution in [-0.4, -0.2) is 54.1 Å². The molecule has 1 saturated heterocycles. The van der Waals surface area contributed by atoms with Crippen LogP contribution < -0.4 is 10.6 Å². The summed E-state index contributed by atoms with van der Waals surface area (Å²) in [5, 5.41) is 13.4. The van der Waals surface area contributed by atoms with E-state index in [4.69, 9.17) is 5.11 Å². The van der Waals surface area contributed by atoms with E-state index >= 15 is 0 Å². The molecule has 7 heteroatoms. The molecule has 0 aromatic carbocycles. The highest BCUT2D eigenvalue weighted by Crippen LogP contribution is 2.24. The van der Waals surface area contributed by atoms with E-state index in [1.165, 1.54) is 7.05 Å². The van der Waals surface area contributed by atoms with E-state index in [9.17, 15) is 14.4 Å². The van der Waals surface area contributed by atoms with Gasteiger partial charge in [0, 0.05) is 26.1 Å². The first-order chi connectivity index (χ1) is 8.45. The standard InChI is InChI=1S/C11H19N3O4/c1-7-8(10(16)17)3-5-14(7)6-4-9(15)13-11(18)12-2/h7-8H,3-6H2,1-2H3,(H,16,17)(H2,12,13,15,18). The number of hydrogen-bond acceptors (Lipinski definition) is 4. The quantitative estimate of drug-likeness (QED) is 0.638. The van der Waals surface area contributed by atoms with Gasteiger partial charge in [-0.1, -0.05) is 0 Å². The number of carboxylic acid groups (broad SMARTS) is 1. The Balaban J connectivity index is 2.34. The SMILES string of the molecule is CNC(=O)NC(=O)CCN1CCC(C(=O)O)C1C. The van der Waals surface area contributed by atoms with Gasteiger partial charge in [-0.25, -0.2) is 4.79 Å². The number of carbonyl (C=O) groups is 3. The summed E-state index contributed by atoms with van der Waals surface area (Å²) in [4.78, 5) is 35.1. The second-order valence-electron chi connectivity index (χ2n) is 4.39. The van der Waals surface area contributed by atoms with Gasteiger partial charge in [-0.15, -0.1) is 0 Å². The van der Waals surface area contributed by atoms with Crippen LogP contribution in [0.2, 0.25) is 0 Å². The average molecular weight is 257 g/mol. The number of nitrogens with zero attached hydrogens (tertiary/aromatic N) is 1. The minimum absolute atomic E-state index is 0.0738. The summed E-state index contributed by atoms with van der Waals surface area (Å²) in [5.74, 6) is -1.52. The highest BCUT2D eigenvalue weighted by molar-refractivity contribution is 5.94. The van der Waals surface area contributed by atoms with Gasteiger partial charge in [-0.05, 0) is 19.9 Å². The first kappa shape index (κ1) is 14.4. The van der Waals surface area contributed by atoms with Crippen molar-refractivity contribution >= 4 is 17.9 Å². The van der Waals surface area contributed by atoms with Crippen LogP contribution >= 0.6 is 0 Å². The van der Waals surface area contributed by atoms with Crippen LogP contribution in [0.15, 0.2) is 0 Å². The lowest BCUT2D eigenvalue weighted by atomic mass is 10.0. The largest absolute Gasteiger partial charge is 0.481 e. The third kappa shape index (κ3) is 3.69. The molecule has 0 aliphatic carbocycles. The van der Waals surface area contributed by atoms with Crippen LogP contribution in [-0.2, 0) is 9.59 Å². The Hall–Kier alpha value is -1.63. The molecule has 0 aromatic rings. The lowest BCUT2D eigenvalue weighted by Crippen LogP contribution is -2.40. The number of carbonyl (C=O) groups excluding carboxylic acids is 2. The smallest absolute Gasteiger partial charge is 0.321 e. The molecule has 0 saturated carbocycles. The molecule has 1 fully saturated rings. The van der Waals surface area contributed by atoms with Crippen molar-refractivity contribution in [2.45, 2.75) is 25.8 Å². The lowest BCUT2D eigenvalue weighted by molar-refractivity contribution is -0.142. The van der Waals surface area contributed by atoms with Crippen molar-refractivity contribution in [1.82, 2.24) is 15.5 Å². The zero-order valence-corrected chi connectivity index (χ0v) is 10.6. The van der Waals surface area contributed by atoms with E-state index in [2.05, 4.69) is 10.6 Å². The second-order valence-corrected chi connectivity index (χ2v) is 4.39. The van der Waals surface area contributed by atoms with Gasteiger partial charge in [0.15, 0.2) is 0 Å². The van der Waals surface area contributed by atoms with Crippen LogP contribution in [0.25, 0.3) is 0 Å². The monoisotopic (exact) mass is 257 g/mol. The fourth-order valence-corrected chi connectivity index (χ4v) is 2.15. The summed E-state index contributed by atoms with van der Waals surface area (Å²) in [6.45, 7) is 2.99. The van der Waals surface area contributed by atoms with Gasteiger partial charge in [0.2, 0.25) is 5.91 Å². The highest BCUT2D eigenvalue weighted by Gasteiger charge is 2.35. The van der Waals surface area contributed by atoms with E-state index < -0.39 is 12.0 Å². The van der Waals surface area contributed by atoms with Crippen LogP contribution in [0.4, 0.5) is 4.79 Å². The maximum Gasteiger partial charge on any atom is 0.321 e. The van der Waals surface area contributed by atoms with Crippen LogP contribution in [0, 0.1) is 5.92 Å². The summed E-state index contributed by atoms with van der Waals surface area (Å²) in [6.07, 6.45) is 0.789. The molecular formula is C11H19N3O4. The summed E-state index contributed by atoms with van der Waals surface area (Å²) < 4.78 is 0. The van der Waals surface area contributed by atoms with Crippen molar-refractivity contribution in [2.75, 3.05) is 20.1 Å². The number of nitrogens with one attached hydrogen (secondary N) is 2. The molecule has 102 valence electrons. The summed E-state index contributed by atoms with van der Waals surface area (Å²) >= 11 is 0. The number of aliphatic carboxylic acids is 1. The Bertz CT molecular complexity index is 345. The molecule has 0 radical (unpaired) electrons. The maximum atomic E-state index is 11.4. The minimum atomic E-state index is -0.792. The number of urea groups is 1. The molecule has 0 bridgehead atoms. The first-order valence-electron chi connectivity index (χ1n) is 5.94. The fraction of sp³-hybridized carbons (Fsp3) is 0.727.